The smallest absolute Gasteiger partial charge is 0.399 e. The summed E-state index contributed by atoms with van der Waals surface area (Å²) in [5.74, 6) is 0.234. The summed E-state index contributed by atoms with van der Waals surface area (Å²) in [5, 5.41) is 4.93. The minimum atomic E-state index is -4.49. The van der Waals surface area contributed by atoms with Crippen LogP contribution in [0, 0.1) is 6.92 Å². The van der Waals surface area contributed by atoms with E-state index in [9.17, 15) is 18.0 Å². The Bertz CT molecular complexity index is 931. The Morgan fingerprint density at radius 2 is 1.67 bits per heavy atom. The predicted octanol–water partition coefficient (Wildman–Crippen LogP) is 4.35. The summed E-state index contributed by atoms with van der Waals surface area (Å²) in [6.07, 6.45) is -2.97. The Morgan fingerprint density at radius 3 is 2.20 bits per heavy atom. The minimum Gasteiger partial charge on any atom is -0.399 e. The molecule has 0 unspecified atom stereocenters. The molecule has 1 saturated heterocycles. The number of aromatic nitrogens is 1. The Labute approximate surface area is 173 Å². The average molecular weight is 421 g/mol. The molecule has 3 rings (SSSR count). The van der Waals surface area contributed by atoms with E-state index in [0.717, 1.165) is 12.1 Å². The number of carbonyl (C=O) groups is 1. The van der Waals surface area contributed by atoms with E-state index in [4.69, 9.17) is 9.31 Å². The van der Waals surface area contributed by atoms with Crippen molar-refractivity contribution in [3.05, 3.63) is 47.7 Å². The van der Waals surface area contributed by atoms with Gasteiger partial charge < -0.3 is 14.6 Å². The number of pyridine rings is 1. The molecule has 160 valence electrons. The van der Waals surface area contributed by atoms with Gasteiger partial charge in [0.2, 0.25) is 0 Å². The first-order chi connectivity index (χ1) is 13.8. The van der Waals surface area contributed by atoms with E-state index in [1.165, 1.54) is 12.3 Å². The van der Waals surface area contributed by atoms with Crippen molar-refractivity contribution >= 4 is 30.1 Å². The standard InChI is InChI=1S/C20H23BF3N3O3/c1-12-6-7-13(20(22,23)24)10-15(12)26-17(28)27-16-9-8-14(11-25-16)21-29-18(2,3)19(4,5)30-21/h6-11H,1-5H3,(H2,25,26,27,28). The molecule has 30 heavy (non-hydrogen) atoms. The number of alkyl halides is 3. The van der Waals surface area contributed by atoms with Gasteiger partial charge in [-0.05, 0) is 58.4 Å². The first-order valence-corrected chi connectivity index (χ1v) is 9.36. The summed E-state index contributed by atoms with van der Waals surface area (Å²) >= 11 is 0. The van der Waals surface area contributed by atoms with Gasteiger partial charge in [-0.2, -0.15) is 13.2 Å². The molecule has 1 aliphatic rings. The van der Waals surface area contributed by atoms with Crippen LogP contribution >= 0.6 is 0 Å². The van der Waals surface area contributed by atoms with Crippen LogP contribution in [0.3, 0.4) is 0 Å². The fourth-order valence-corrected chi connectivity index (χ4v) is 2.80. The van der Waals surface area contributed by atoms with Crippen molar-refractivity contribution in [3.8, 4) is 0 Å². The van der Waals surface area contributed by atoms with E-state index in [2.05, 4.69) is 15.6 Å². The molecular weight excluding hydrogens is 398 g/mol. The SMILES string of the molecule is Cc1ccc(C(F)(F)F)cc1NC(=O)Nc1ccc(B2OC(C)(C)C(C)(C)O2)cn1. The monoisotopic (exact) mass is 421 g/mol. The molecule has 2 aromatic rings. The zero-order chi connectivity index (χ0) is 22.3. The van der Waals surface area contributed by atoms with E-state index in [1.807, 2.05) is 27.7 Å². The van der Waals surface area contributed by atoms with Crippen LogP contribution in [-0.4, -0.2) is 29.3 Å². The molecule has 0 saturated carbocycles. The maximum absolute atomic E-state index is 12.9. The number of amides is 2. The summed E-state index contributed by atoms with van der Waals surface area (Å²) < 4.78 is 50.6. The average Bonchev–Trinajstić information content (AvgIpc) is 2.84. The van der Waals surface area contributed by atoms with Crippen molar-refractivity contribution in [2.75, 3.05) is 10.6 Å². The highest BCUT2D eigenvalue weighted by atomic mass is 19.4. The first kappa shape index (κ1) is 22.1. The highest BCUT2D eigenvalue weighted by Crippen LogP contribution is 2.36. The highest BCUT2D eigenvalue weighted by molar-refractivity contribution is 6.62. The van der Waals surface area contributed by atoms with Crippen molar-refractivity contribution in [1.29, 1.82) is 0 Å². The number of urea groups is 1. The number of rotatable bonds is 3. The number of hydrogen-bond donors (Lipinski definition) is 2. The number of aryl methyl sites for hydroxylation is 1. The van der Waals surface area contributed by atoms with Crippen LogP contribution in [0.25, 0.3) is 0 Å². The van der Waals surface area contributed by atoms with Gasteiger partial charge in [0, 0.05) is 17.3 Å². The lowest BCUT2D eigenvalue weighted by Crippen LogP contribution is -2.41. The van der Waals surface area contributed by atoms with Crippen LogP contribution < -0.4 is 16.1 Å². The van der Waals surface area contributed by atoms with Gasteiger partial charge in [-0.25, -0.2) is 9.78 Å². The van der Waals surface area contributed by atoms with Crippen LogP contribution in [0.5, 0.6) is 0 Å². The normalized spacial score (nSPS) is 17.7. The number of nitrogens with one attached hydrogen (secondary N) is 2. The maximum atomic E-state index is 12.9. The highest BCUT2D eigenvalue weighted by Gasteiger charge is 2.51. The quantitative estimate of drug-likeness (QED) is 0.723. The second-order valence-electron chi connectivity index (χ2n) is 8.17. The fraction of sp³-hybridized carbons (Fsp3) is 0.400. The molecular formula is C20H23BF3N3O3. The molecule has 2 heterocycles. The lowest BCUT2D eigenvalue weighted by Gasteiger charge is -2.32. The summed E-state index contributed by atoms with van der Waals surface area (Å²) in [6, 6.07) is 5.74. The lowest BCUT2D eigenvalue weighted by atomic mass is 9.80. The van der Waals surface area contributed by atoms with E-state index < -0.39 is 36.1 Å². The summed E-state index contributed by atoms with van der Waals surface area (Å²) in [6.45, 7) is 9.37. The molecule has 0 atom stereocenters. The van der Waals surface area contributed by atoms with Gasteiger partial charge >= 0.3 is 19.3 Å². The molecule has 10 heteroatoms. The van der Waals surface area contributed by atoms with E-state index >= 15 is 0 Å². The fourth-order valence-electron chi connectivity index (χ4n) is 2.80. The molecule has 0 radical (unpaired) electrons. The van der Waals surface area contributed by atoms with Crippen molar-refractivity contribution in [3.63, 3.8) is 0 Å². The number of nitrogens with zero attached hydrogens (tertiary/aromatic N) is 1. The van der Waals surface area contributed by atoms with Gasteiger partial charge in [-0.15, -0.1) is 0 Å². The second-order valence-corrected chi connectivity index (χ2v) is 8.17. The molecule has 0 spiro atoms. The van der Waals surface area contributed by atoms with Gasteiger partial charge in [0.05, 0.1) is 16.8 Å². The van der Waals surface area contributed by atoms with Crippen LogP contribution in [0.2, 0.25) is 0 Å². The van der Waals surface area contributed by atoms with Crippen molar-refractivity contribution in [2.24, 2.45) is 0 Å². The van der Waals surface area contributed by atoms with Crippen LogP contribution in [0.4, 0.5) is 29.5 Å². The largest absolute Gasteiger partial charge is 0.496 e. The molecule has 6 nitrogen and oxygen atoms in total. The van der Waals surface area contributed by atoms with E-state index in [-0.39, 0.29) is 11.5 Å². The molecule has 1 fully saturated rings. The Hall–Kier alpha value is -2.59. The minimum absolute atomic E-state index is 0.0659. The van der Waals surface area contributed by atoms with Gasteiger partial charge in [0.15, 0.2) is 0 Å². The first-order valence-electron chi connectivity index (χ1n) is 9.36. The molecule has 0 bridgehead atoms. The van der Waals surface area contributed by atoms with Gasteiger partial charge in [-0.1, -0.05) is 12.1 Å². The van der Waals surface area contributed by atoms with Crippen molar-refractivity contribution < 1.29 is 27.3 Å². The number of anilines is 2. The Kier molecular flexibility index (Phi) is 5.59. The maximum Gasteiger partial charge on any atom is 0.496 e. The molecule has 1 aromatic heterocycles. The number of carbonyl (C=O) groups excluding carboxylic acids is 1. The molecule has 0 aliphatic carbocycles. The molecule has 1 aliphatic heterocycles. The van der Waals surface area contributed by atoms with Crippen LogP contribution in [0.15, 0.2) is 36.5 Å². The Morgan fingerprint density at radius 1 is 1.03 bits per heavy atom. The van der Waals surface area contributed by atoms with Crippen LogP contribution in [-0.2, 0) is 15.5 Å². The summed E-state index contributed by atoms with van der Waals surface area (Å²) in [5.41, 5.74) is -0.561. The van der Waals surface area contributed by atoms with Gasteiger partial charge in [-0.3, -0.25) is 5.32 Å². The third-order valence-corrected chi connectivity index (χ3v) is 5.37. The van der Waals surface area contributed by atoms with E-state index in [0.29, 0.717) is 11.0 Å². The zero-order valence-electron chi connectivity index (χ0n) is 17.3. The zero-order valence-corrected chi connectivity index (χ0v) is 17.3. The van der Waals surface area contributed by atoms with Gasteiger partial charge in [0.1, 0.15) is 5.82 Å². The lowest BCUT2D eigenvalue weighted by molar-refractivity contribution is -0.137. The van der Waals surface area contributed by atoms with E-state index in [1.54, 1.807) is 19.1 Å². The molecule has 2 amide bonds. The number of hydrogen-bond acceptors (Lipinski definition) is 4. The van der Waals surface area contributed by atoms with Crippen LogP contribution in [0.1, 0.15) is 38.8 Å². The second kappa shape index (κ2) is 7.59. The summed E-state index contributed by atoms with van der Waals surface area (Å²) in [7, 11) is -0.585. The van der Waals surface area contributed by atoms with Crippen molar-refractivity contribution in [2.45, 2.75) is 52.0 Å². The van der Waals surface area contributed by atoms with Crippen molar-refractivity contribution in [1.82, 2.24) is 4.98 Å². The number of halogens is 3. The third-order valence-electron chi connectivity index (χ3n) is 5.37. The molecule has 1 aromatic carbocycles. The summed E-state index contributed by atoms with van der Waals surface area (Å²) in [4.78, 5) is 16.4. The number of benzene rings is 1. The predicted molar refractivity (Wildman–Crippen MR) is 109 cm³/mol. The molecule has 2 N–H and O–H groups in total. The van der Waals surface area contributed by atoms with Gasteiger partial charge in [0.25, 0.3) is 0 Å². The third kappa shape index (κ3) is 4.60. The Balaban J connectivity index is 1.66. The topological polar surface area (TPSA) is 72.5 Å².